The van der Waals surface area contributed by atoms with E-state index in [2.05, 4.69) is 94.1 Å². The minimum absolute atomic E-state index is 0.200. The molecule has 2 unspecified atom stereocenters. The summed E-state index contributed by atoms with van der Waals surface area (Å²) >= 11 is 0. The summed E-state index contributed by atoms with van der Waals surface area (Å²) in [6.45, 7) is 16.1. The minimum Gasteiger partial charge on any atom is -0.130 e. The van der Waals surface area contributed by atoms with E-state index in [4.69, 9.17) is 0 Å². The van der Waals surface area contributed by atoms with Gasteiger partial charge in [0.1, 0.15) is 0 Å². The molecule has 0 nitrogen and oxygen atoms in total. The Bertz CT molecular complexity index is 666. The Hall–Kier alpha value is -0.870. The van der Waals surface area contributed by atoms with Crippen LogP contribution < -0.4 is 0 Å². The fraction of sp³-hybridized carbons (Fsp3) is 0.524. The molecule has 0 aliphatic carbocycles. The number of hydrogen-bond donors (Lipinski definition) is 0. The smallest absolute Gasteiger partial charge is 0.00898 e. The molecule has 2 aromatic carbocycles. The summed E-state index contributed by atoms with van der Waals surface area (Å²) < 4.78 is 0. The van der Waals surface area contributed by atoms with Crippen molar-refractivity contribution in [2.24, 2.45) is 5.41 Å². The molecule has 2 rings (SSSR count). The number of benzene rings is 2. The third-order valence-corrected chi connectivity index (χ3v) is 6.13. The van der Waals surface area contributed by atoms with Gasteiger partial charge in [-0.25, -0.2) is 0 Å². The SMILES string of the molecule is CC(C)(C)c1ccc2cc(CC(C)(P)C(C)(C)C)ccc2c1. The number of rotatable bonds is 2. The van der Waals surface area contributed by atoms with Crippen molar-refractivity contribution in [1.29, 1.82) is 0 Å². The van der Waals surface area contributed by atoms with Crippen molar-refractivity contribution in [3.05, 3.63) is 47.5 Å². The zero-order valence-corrected chi connectivity index (χ0v) is 16.4. The van der Waals surface area contributed by atoms with Gasteiger partial charge in [-0.15, -0.1) is 9.24 Å². The van der Waals surface area contributed by atoms with Crippen molar-refractivity contribution in [1.82, 2.24) is 0 Å². The quantitative estimate of drug-likeness (QED) is 0.566. The molecule has 0 radical (unpaired) electrons. The van der Waals surface area contributed by atoms with Crippen LogP contribution in [0.15, 0.2) is 36.4 Å². The van der Waals surface area contributed by atoms with E-state index in [-0.39, 0.29) is 16.0 Å². The van der Waals surface area contributed by atoms with Crippen molar-refractivity contribution in [3.63, 3.8) is 0 Å². The minimum atomic E-state index is 0.200. The molecule has 0 aromatic heterocycles. The molecular weight excluding hydrogens is 283 g/mol. The summed E-state index contributed by atoms with van der Waals surface area (Å²) in [4.78, 5) is 0. The largest absolute Gasteiger partial charge is 0.130 e. The molecule has 1 heteroatoms. The van der Waals surface area contributed by atoms with Crippen molar-refractivity contribution in [3.8, 4) is 0 Å². The van der Waals surface area contributed by atoms with E-state index in [0.29, 0.717) is 0 Å². The average Bonchev–Trinajstić information content (AvgIpc) is 2.35. The van der Waals surface area contributed by atoms with E-state index in [1.54, 1.807) is 0 Å². The van der Waals surface area contributed by atoms with Gasteiger partial charge in [-0.05, 0) is 44.3 Å². The highest BCUT2D eigenvalue weighted by molar-refractivity contribution is 7.19. The first kappa shape index (κ1) is 17.5. The van der Waals surface area contributed by atoms with Crippen LogP contribution in [0.5, 0.6) is 0 Å². The molecule has 0 saturated heterocycles. The summed E-state index contributed by atoms with van der Waals surface area (Å²) in [5, 5.41) is 2.89. The summed E-state index contributed by atoms with van der Waals surface area (Å²) in [6.07, 6.45) is 1.08. The molecular formula is C21H31P. The number of hydrogen-bond acceptors (Lipinski definition) is 0. The third kappa shape index (κ3) is 3.72. The third-order valence-electron chi connectivity index (χ3n) is 5.06. The lowest BCUT2D eigenvalue weighted by Gasteiger charge is -2.39. The van der Waals surface area contributed by atoms with E-state index in [9.17, 15) is 0 Å². The topological polar surface area (TPSA) is 0 Å². The van der Waals surface area contributed by atoms with E-state index in [1.165, 1.54) is 21.9 Å². The summed E-state index contributed by atoms with van der Waals surface area (Å²) in [5.74, 6) is 0. The van der Waals surface area contributed by atoms with Crippen molar-refractivity contribution in [2.45, 2.75) is 65.5 Å². The van der Waals surface area contributed by atoms with Crippen LogP contribution in [0.2, 0.25) is 0 Å². The highest BCUT2D eigenvalue weighted by atomic mass is 31.0. The summed E-state index contributed by atoms with van der Waals surface area (Å²) in [5.41, 5.74) is 3.29. The normalized spacial score (nSPS) is 15.8. The Morgan fingerprint density at radius 2 is 1.32 bits per heavy atom. The standard InChI is InChI=1S/C21H31P/c1-19(2,3)18-11-10-16-12-15(8-9-17(16)13-18)14-21(7,22)20(4,5)6/h8-13H,14,22H2,1-7H3. The number of fused-ring (bicyclic) bond motifs is 1. The fourth-order valence-corrected chi connectivity index (χ4v) is 2.80. The van der Waals surface area contributed by atoms with E-state index < -0.39 is 0 Å². The molecule has 0 aliphatic heterocycles. The van der Waals surface area contributed by atoms with Gasteiger partial charge in [0.25, 0.3) is 0 Å². The highest BCUT2D eigenvalue weighted by Crippen LogP contribution is 2.41. The Balaban J connectivity index is 2.36. The predicted octanol–water partition coefficient (Wildman–Crippen LogP) is 6.36. The molecule has 0 N–H and O–H groups in total. The monoisotopic (exact) mass is 314 g/mol. The van der Waals surface area contributed by atoms with Crippen LogP contribution in [0.1, 0.15) is 59.6 Å². The molecule has 2 aromatic rings. The maximum Gasteiger partial charge on any atom is -0.00898 e. The Morgan fingerprint density at radius 1 is 0.773 bits per heavy atom. The first-order chi connectivity index (χ1) is 9.90. The fourth-order valence-electron chi connectivity index (χ4n) is 2.56. The first-order valence-electron chi connectivity index (χ1n) is 8.22. The van der Waals surface area contributed by atoms with Gasteiger partial charge in [-0.1, -0.05) is 84.9 Å². The molecule has 0 saturated carbocycles. The van der Waals surface area contributed by atoms with Gasteiger partial charge >= 0.3 is 0 Å². The Morgan fingerprint density at radius 3 is 1.86 bits per heavy atom. The van der Waals surface area contributed by atoms with E-state index in [0.717, 1.165) is 6.42 Å². The lowest BCUT2D eigenvalue weighted by molar-refractivity contribution is 0.297. The van der Waals surface area contributed by atoms with Crippen LogP contribution in [0.4, 0.5) is 0 Å². The van der Waals surface area contributed by atoms with Gasteiger partial charge in [0, 0.05) is 0 Å². The van der Waals surface area contributed by atoms with E-state index in [1.807, 2.05) is 0 Å². The van der Waals surface area contributed by atoms with Gasteiger partial charge in [0.15, 0.2) is 0 Å². The van der Waals surface area contributed by atoms with Crippen LogP contribution in [-0.2, 0) is 11.8 Å². The Kier molecular flexibility index (Phi) is 4.48. The summed E-state index contributed by atoms with van der Waals surface area (Å²) in [7, 11) is 3.07. The van der Waals surface area contributed by atoms with Crippen LogP contribution in [0.3, 0.4) is 0 Å². The second-order valence-electron chi connectivity index (χ2n) is 8.99. The first-order valence-corrected chi connectivity index (χ1v) is 8.80. The zero-order chi connectivity index (χ0) is 16.8. The molecule has 120 valence electrons. The molecule has 0 spiro atoms. The maximum absolute atomic E-state index is 3.07. The molecule has 0 bridgehead atoms. The average molecular weight is 314 g/mol. The lowest BCUT2D eigenvalue weighted by Crippen LogP contribution is -2.35. The Labute approximate surface area is 138 Å². The van der Waals surface area contributed by atoms with Crippen LogP contribution >= 0.6 is 9.24 Å². The maximum atomic E-state index is 3.07. The molecule has 0 fully saturated rings. The predicted molar refractivity (Wildman–Crippen MR) is 104 cm³/mol. The molecule has 22 heavy (non-hydrogen) atoms. The van der Waals surface area contributed by atoms with Gasteiger partial charge in [0.2, 0.25) is 0 Å². The van der Waals surface area contributed by atoms with Crippen molar-refractivity contribution in [2.75, 3.05) is 0 Å². The molecule has 2 atom stereocenters. The summed E-state index contributed by atoms with van der Waals surface area (Å²) in [6, 6.07) is 13.8. The molecule has 0 aliphatic rings. The molecule has 0 heterocycles. The van der Waals surface area contributed by atoms with E-state index >= 15 is 0 Å². The van der Waals surface area contributed by atoms with Gasteiger partial charge in [0.05, 0.1) is 0 Å². The van der Waals surface area contributed by atoms with Crippen LogP contribution in [0.25, 0.3) is 10.8 Å². The lowest BCUT2D eigenvalue weighted by atomic mass is 9.77. The zero-order valence-electron chi connectivity index (χ0n) is 15.2. The van der Waals surface area contributed by atoms with Crippen LogP contribution in [0, 0.1) is 5.41 Å². The molecule has 0 amide bonds. The second-order valence-corrected chi connectivity index (χ2v) is 10.3. The van der Waals surface area contributed by atoms with Gasteiger partial charge in [-0.2, -0.15) is 0 Å². The van der Waals surface area contributed by atoms with Crippen molar-refractivity contribution >= 4 is 20.0 Å². The van der Waals surface area contributed by atoms with Gasteiger partial charge in [-0.3, -0.25) is 0 Å². The van der Waals surface area contributed by atoms with Gasteiger partial charge < -0.3 is 0 Å². The van der Waals surface area contributed by atoms with Crippen molar-refractivity contribution < 1.29 is 0 Å². The van der Waals surface area contributed by atoms with Crippen LogP contribution in [-0.4, -0.2) is 5.16 Å². The highest BCUT2D eigenvalue weighted by Gasteiger charge is 2.32. The second kappa shape index (κ2) is 5.64.